The second-order valence-corrected chi connectivity index (χ2v) is 8.51. The van der Waals surface area contributed by atoms with E-state index in [4.69, 9.17) is 4.74 Å². The van der Waals surface area contributed by atoms with E-state index >= 15 is 0 Å². The highest BCUT2D eigenvalue weighted by Crippen LogP contribution is 2.30. The predicted molar refractivity (Wildman–Crippen MR) is 118 cm³/mol. The van der Waals surface area contributed by atoms with Crippen LogP contribution in [0.2, 0.25) is 0 Å². The van der Waals surface area contributed by atoms with Gasteiger partial charge in [-0.15, -0.1) is 0 Å². The number of nitrogens with one attached hydrogen (secondary N) is 1. The monoisotopic (exact) mass is 394 g/mol. The van der Waals surface area contributed by atoms with Gasteiger partial charge in [0.05, 0.1) is 0 Å². The summed E-state index contributed by atoms with van der Waals surface area (Å²) in [7, 11) is 0. The molecule has 0 radical (unpaired) electrons. The van der Waals surface area contributed by atoms with Gasteiger partial charge in [-0.05, 0) is 54.6 Å². The molecule has 0 unspecified atom stereocenters. The van der Waals surface area contributed by atoms with Gasteiger partial charge in [0.1, 0.15) is 12.4 Å². The lowest BCUT2D eigenvalue weighted by Gasteiger charge is -2.36. The normalized spacial score (nSPS) is 17.7. The summed E-state index contributed by atoms with van der Waals surface area (Å²) in [5.41, 5.74) is 4.69. The Kier molecular flexibility index (Phi) is 6.96. The van der Waals surface area contributed by atoms with Crippen LogP contribution in [0.25, 0.3) is 0 Å². The van der Waals surface area contributed by atoms with Crippen molar-refractivity contribution in [3.8, 4) is 5.75 Å². The van der Waals surface area contributed by atoms with Crippen molar-refractivity contribution in [1.82, 2.24) is 10.2 Å². The molecule has 2 heterocycles. The lowest BCUT2D eigenvalue weighted by molar-refractivity contribution is 0.0965. The van der Waals surface area contributed by atoms with Crippen molar-refractivity contribution in [3.05, 3.63) is 64.7 Å². The molecule has 0 bridgehead atoms. The Balaban J connectivity index is 0.00000117. The third kappa shape index (κ3) is 5.39. The quantitative estimate of drug-likeness (QED) is 0.762. The molecule has 2 aromatic rings. The van der Waals surface area contributed by atoms with Crippen LogP contribution >= 0.6 is 0 Å². The molecule has 2 aliphatic heterocycles. The summed E-state index contributed by atoms with van der Waals surface area (Å²) in [6.07, 6.45) is 2.55. The van der Waals surface area contributed by atoms with Crippen molar-refractivity contribution in [3.63, 3.8) is 0 Å². The SMILES string of the molecule is CC.CC1(C)CCN(Cc2ccc(COc3cccc4c3CNC4=O)cc2)CC1. The number of hydrogen-bond acceptors (Lipinski definition) is 3. The Bertz CT molecular complexity index is 817. The van der Waals surface area contributed by atoms with Gasteiger partial charge in [-0.25, -0.2) is 0 Å². The Morgan fingerprint density at radius 3 is 2.34 bits per heavy atom. The average molecular weight is 395 g/mol. The van der Waals surface area contributed by atoms with Crippen LogP contribution in [0.5, 0.6) is 5.75 Å². The smallest absolute Gasteiger partial charge is 0.252 e. The van der Waals surface area contributed by atoms with Crippen LogP contribution in [0.15, 0.2) is 42.5 Å². The molecule has 2 aliphatic rings. The van der Waals surface area contributed by atoms with E-state index < -0.39 is 0 Å². The zero-order valence-electron chi connectivity index (χ0n) is 18.3. The summed E-state index contributed by atoms with van der Waals surface area (Å²) in [6, 6.07) is 14.4. The average Bonchev–Trinajstić information content (AvgIpc) is 3.12. The summed E-state index contributed by atoms with van der Waals surface area (Å²) in [4.78, 5) is 14.3. The number of nitrogens with zero attached hydrogens (tertiary/aromatic N) is 1. The number of hydrogen-bond donors (Lipinski definition) is 1. The zero-order chi connectivity index (χ0) is 20.9. The minimum absolute atomic E-state index is 0.0131. The molecule has 0 aliphatic carbocycles. The summed E-state index contributed by atoms with van der Waals surface area (Å²) < 4.78 is 5.99. The van der Waals surface area contributed by atoms with Gasteiger partial charge in [0.15, 0.2) is 0 Å². The van der Waals surface area contributed by atoms with Crippen molar-refractivity contribution in [1.29, 1.82) is 0 Å². The molecule has 4 rings (SSSR count). The molecule has 1 fully saturated rings. The van der Waals surface area contributed by atoms with Gasteiger partial charge < -0.3 is 10.1 Å². The van der Waals surface area contributed by atoms with E-state index in [0.29, 0.717) is 18.6 Å². The van der Waals surface area contributed by atoms with E-state index in [-0.39, 0.29) is 5.91 Å². The Morgan fingerprint density at radius 2 is 1.66 bits per heavy atom. The van der Waals surface area contributed by atoms with Crippen molar-refractivity contribution >= 4 is 5.91 Å². The second kappa shape index (κ2) is 9.45. The number of rotatable bonds is 5. The van der Waals surface area contributed by atoms with E-state index in [9.17, 15) is 4.79 Å². The fourth-order valence-corrected chi connectivity index (χ4v) is 3.84. The number of fused-ring (bicyclic) bond motifs is 1. The van der Waals surface area contributed by atoms with Crippen LogP contribution in [-0.4, -0.2) is 23.9 Å². The maximum absolute atomic E-state index is 11.8. The minimum atomic E-state index is -0.0131. The molecule has 2 aromatic carbocycles. The Hall–Kier alpha value is -2.33. The number of carbonyl (C=O) groups is 1. The number of carbonyl (C=O) groups excluding carboxylic acids is 1. The lowest BCUT2D eigenvalue weighted by Crippen LogP contribution is -2.36. The Labute approximate surface area is 175 Å². The molecule has 0 spiro atoms. The first-order valence-electron chi connectivity index (χ1n) is 10.8. The van der Waals surface area contributed by atoms with Crippen LogP contribution in [0, 0.1) is 5.41 Å². The van der Waals surface area contributed by atoms with Gasteiger partial charge in [-0.2, -0.15) is 0 Å². The molecular weight excluding hydrogens is 360 g/mol. The standard InChI is InChI=1S/C23H28N2O2.C2H6/c1-23(2)10-12-25(13-11-23)15-17-6-8-18(9-7-17)16-27-21-5-3-4-19-20(21)14-24-22(19)26;1-2/h3-9H,10-16H2,1-2H3,(H,24,26);1-2H3. The van der Waals surface area contributed by atoms with E-state index in [1.807, 2.05) is 32.0 Å². The number of piperidine rings is 1. The van der Waals surface area contributed by atoms with Crippen molar-refractivity contribution in [2.75, 3.05) is 13.1 Å². The highest BCUT2D eigenvalue weighted by Gasteiger charge is 2.25. The summed E-state index contributed by atoms with van der Waals surface area (Å²) in [6.45, 7) is 13.2. The largest absolute Gasteiger partial charge is 0.489 e. The van der Waals surface area contributed by atoms with Crippen molar-refractivity contribution in [2.24, 2.45) is 5.41 Å². The van der Waals surface area contributed by atoms with Gasteiger partial charge in [-0.3, -0.25) is 9.69 Å². The first kappa shape index (κ1) is 21.4. The minimum Gasteiger partial charge on any atom is -0.489 e. The molecule has 0 saturated carbocycles. The molecule has 4 heteroatoms. The molecule has 1 saturated heterocycles. The van der Waals surface area contributed by atoms with E-state index in [2.05, 4.69) is 48.3 Å². The molecule has 29 heavy (non-hydrogen) atoms. The van der Waals surface area contributed by atoms with Crippen LogP contribution in [-0.2, 0) is 19.7 Å². The van der Waals surface area contributed by atoms with Crippen molar-refractivity contribution in [2.45, 2.75) is 60.2 Å². The van der Waals surface area contributed by atoms with Crippen LogP contribution in [0.3, 0.4) is 0 Å². The lowest BCUT2D eigenvalue weighted by atomic mass is 9.82. The molecule has 0 atom stereocenters. The van der Waals surface area contributed by atoms with E-state index in [1.165, 1.54) is 31.5 Å². The zero-order valence-corrected chi connectivity index (χ0v) is 18.3. The number of ether oxygens (including phenoxy) is 1. The summed E-state index contributed by atoms with van der Waals surface area (Å²) in [5.74, 6) is 0.784. The molecule has 0 aromatic heterocycles. The molecule has 156 valence electrons. The van der Waals surface area contributed by atoms with E-state index in [0.717, 1.165) is 29.0 Å². The number of benzene rings is 2. The fraction of sp³-hybridized carbons (Fsp3) is 0.480. The first-order chi connectivity index (χ1) is 14.0. The van der Waals surface area contributed by atoms with Gasteiger partial charge in [0, 0.05) is 24.2 Å². The van der Waals surface area contributed by atoms with Crippen LogP contribution < -0.4 is 10.1 Å². The first-order valence-corrected chi connectivity index (χ1v) is 10.8. The molecule has 4 nitrogen and oxygen atoms in total. The summed E-state index contributed by atoms with van der Waals surface area (Å²) >= 11 is 0. The second-order valence-electron chi connectivity index (χ2n) is 8.51. The van der Waals surface area contributed by atoms with Crippen molar-refractivity contribution < 1.29 is 9.53 Å². The van der Waals surface area contributed by atoms with Gasteiger partial charge >= 0.3 is 0 Å². The molecule has 1 N–H and O–H groups in total. The number of amides is 1. The fourth-order valence-electron chi connectivity index (χ4n) is 3.84. The highest BCUT2D eigenvalue weighted by molar-refractivity contribution is 5.99. The van der Waals surface area contributed by atoms with Gasteiger partial charge in [0.25, 0.3) is 5.91 Å². The predicted octanol–water partition coefficient (Wildman–Crippen LogP) is 5.16. The topological polar surface area (TPSA) is 41.6 Å². The third-order valence-corrected chi connectivity index (χ3v) is 5.84. The summed E-state index contributed by atoms with van der Waals surface area (Å²) in [5, 5.41) is 2.85. The van der Waals surface area contributed by atoms with Crippen LogP contribution in [0.4, 0.5) is 0 Å². The maximum atomic E-state index is 11.8. The molecule has 1 amide bonds. The van der Waals surface area contributed by atoms with Gasteiger partial charge in [0.2, 0.25) is 0 Å². The van der Waals surface area contributed by atoms with Crippen LogP contribution in [0.1, 0.15) is 67.6 Å². The Morgan fingerprint density at radius 1 is 1.00 bits per heavy atom. The number of likely N-dealkylation sites (tertiary alicyclic amines) is 1. The molecular formula is C25H34N2O2. The highest BCUT2D eigenvalue weighted by atomic mass is 16.5. The van der Waals surface area contributed by atoms with Gasteiger partial charge in [-0.1, -0.05) is 58.0 Å². The van der Waals surface area contributed by atoms with E-state index in [1.54, 1.807) is 0 Å². The maximum Gasteiger partial charge on any atom is 0.252 e. The third-order valence-electron chi connectivity index (χ3n) is 5.84.